The molecule has 0 aromatic carbocycles. The van der Waals surface area contributed by atoms with Gasteiger partial charge in [0.05, 0.1) is 0 Å². The third-order valence-corrected chi connectivity index (χ3v) is 0.923. The fraction of sp³-hybridized carbons (Fsp3) is 0.571. The lowest BCUT2D eigenvalue weighted by Gasteiger charge is -1.88. The van der Waals surface area contributed by atoms with Crippen molar-refractivity contribution in [2.24, 2.45) is 5.10 Å². The van der Waals surface area contributed by atoms with E-state index in [1.807, 2.05) is 13.1 Å². The summed E-state index contributed by atoms with van der Waals surface area (Å²) in [5.41, 5.74) is 3.89. The largest absolute Gasteiger partial charge is 0.313 e. The van der Waals surface area contributed by atoms with E-state index in [1.54, 1.807) is 7.05 Å². The predicted octanol–water partition coefficient (Wildman–Crippen LogP) is 1.55. The van der Waals surface area contributed by atoms with Crippen LogP contribution in [0.5, 0.6) is 0 Å². The van der Waals surface area contributed by atoms with Crippen molar-refractivity contribution in [2.75, 3.05) is 7.05 Å². The van der Waals surface area contributed by atoms with Crippen LogP contribution in [0.15, 0.2) is 16.8 Å². The van der Waals surface area contributed by atoms with Crippen molar-refractivity contribution in [3.63, 3.8) is 0 Å². The summed E-state index contributed by atoms with van der Waals surface area (Å²) < 4.78 is 0. The van der Waals surface area contributed by atoms with E-state index in [9.17, 15) is 0 Å². The Morgan fingerprint density at radius 2 is 2.33 bits per heavy atom. The third kappa shape index (κ3) is 5.07. The van der Waals surface area contributed by atoms with E-state index in [1.165, 1.54) is 5.57 Å². The van der Waals surface area contributed by atoms with E-state index in [2.05, 4.69) is 23.5 Å². The number of allylic oxidation sites excluding steroid dienone is 2. The lowest BCUT2D eigenvalue weighted by Crippen LogP contribution is -1.93. The van der Waals surface area contributed by atoms with Crippen LogP contribution in [0.1, 0.15) is 20.3 Å². The van der Waals surface area contributed by atoms with Crippen LogP contribution in [0, 0.1) is 0 Å². The summed E-state index contributed by atoms with van der Waals surface area (Å²) in [7, 11) is 1.79. The van der Waals surface area contributed by atoms with Crippen molar-refractivity contribution >= 4 is 6.21 Å². The van der Waals surface area contributed by atoms with Gasteiger partial charge >= 0.3 is 0 Å². The molecular weight excluding hydrogens is 112 g/mol. The lowest BCUT2D eigenvalue weighted by molar-refractivity contribution is 0.907. The molecule has 0 unspecified atom stereocenters. The predicted molar refractivity (Wildman–Crippen MR) is 41.6 cm³/mol. The molecule has 0 aliphatic carbocycles. The van der Waals surface area contributed by atoms with Crippen LogP contribution in [0.3, 0.4) is 0 Å². The van der Waals surface area contributed by atoms with E-state index < -0.39 is 0 Å². The number of nitrogens with zero attached hydrogens (tertiary/aromatic N) is 1. The van der Waals surface area contributed by atoms with Crippen molar-refractivity contribution in [1.82, 2.24) is 5.43 Å². The van der Waals surface area contributed by atoms with Crippen molar-refractivity contribution in [2.45, 2.75) is 20.3 Å². The van der Waals surface area contributed by atoms with Gasteiger partial charge in [-0.05, 0) is 18.9 Å². The van der Waals surface area contributed by atoms with Crippen molar-refractivity contribution in [3.8, 4) is 0 Å². The molecular formula is C7H14N2. The quantitative estimate of drug-likeness (QED) is 0.450. The van der Waals surface area contributed by atoms with Gasteiger partial charge < -0.3 is 5.43 Å². The smallest absolute Gasteiger partial charge is 0.0493 e. The first kappa shape index (κ1) is 8.21. The van der Waals surface area contributed by atoms with Crippen LogP contribution >= 0.6 is 0 Å². The monoisotopic (exact) mass is 126 g/mol. The summed E-state index contributed by atoms with van der Waals surface area (Å²) in [5.74, 6) is 0. The first-order valence-corrected chi connectivity index (χ1v) is 3.17. The van der Waals surface area contributed by atoms with Crippen LogP contribution in [0.2, 0.25) is 0 Å². The van der Waals surface area contributed by atoms with Gasteiger partial charge in [0.25, 0.3) is 0 Å². The Morgan fingerprint density at radius 1 is 1.67 bits per heavy atom. The molecule has 0 heterocycles. The molecule has 0 aromatic rings. The van der Waals surface area contributed by atoms with Gasteiger partial charge in [-0.25, -0.2) is 0 Å². The molecule has 0 fully saturated rings. The number of hydrogen-bond acceptors (Lipinski definition) is 2. The Labute approximate surface area is 56.7 Å². The molecule has 9 heavy (non-hydrogen) atoms. The normalized spacial score (nSPS) is 12.6. The zero-order valence-corrected chi connectivity index (χ0v) is 6.31. The van der Waals surface area contributed by atoms with Gasteiger partial charge in [0.2, 0.25) is 0 Å². The van der Waals surface area contributed by atoms with Gasteiger partial charge in [0.15, 0.2) is 0 Å². The fourth-order valence-electron chi connectivity index (χ4n) is 0.541. The van der Waals surface area contributed by atoms with Crippen molar-refractivity contribution < 1.29 is 0 Å². The highest BCUT2D eigenvalue weighted by Crippen LogP contribution is 1.88. The van der Waals surface area contributed by atoms with E-state index in [0.717, 1.165) is 6.42 Å². The molecule has 0 aliphatic heterocycles. The highest BCUT2D eigenvalue weighted by Gasteiger charge is 1.76. The maximum Gasteiger partial charge on any atom is 0.0493 e. The minimum Gasteiger partial charge on any atom is -0.313 e. The van der Waals surface area contributed by atoms with Gasteiger partial charge in [-0.1, -0.05) is 13.0 Å². The summed E-state index contributed by atoms with van der Waals surface area (Å²) in [6, 6.07) is 0. The first-order valence-electron chi connectivity index (χ1n) is 3.17. The molecule has 0 aromatic heterocycles. The Balaban J connectivity index is 3.60. The Bertz CT molecular complexity index is 114. The third-order valence-electron chi connectivity index (χ3n) is 0.923. The minimum absolute atomic E-state index is 1.07. The van der Waals surface area contributed by atoms with Crippen LogP contribution < -0.4 is 5.43 Å². The SMILES string of the molecule is CC/C=C(C)/C=N\NC. The van der Waals surface area contributed by atoms with Gasteiger partial charge in [-0.2, -0.15) is 5.10 Å². The molecule has 1 N–H and O–H groups in total. The van der Waals surface area contributed by atoms with Crippen LogP contribution in [0.4, 0.5) is 0 Å². The van der Waals surface area contributed by atoms with E-state index >= 15 is 0 Å². The van der Waals surface area contributed by atoms with Gasteiger partial charge in [0.1, 0.15) is 0 Å². The van der Waals surface area contributed by atoms with Crippen molar-refractivity contribution in [1.29, 1.82) is 0 Å². The maximum atomic E-state index is 3.85. The Morgan fingerprint density at radius 3 is 2.78 bits per heavy atom. The number of nitrogens with one attached hydrogen (secondary N) is 1. The van der Waals surface area contributed by atoms with Crippen LogP contribution in [0.25, 0.3) is 0 Å². The molecule has 0 spiro atoms. The summed E-state index contributed by atoms with van der Waals surface area (Å²) in [5, 5.41) is 3.85. The standard InChI is InChI=1S/C7H14N2/c1-4-5-7(2)6-9-8-3/h5-6,8H,4H2,1-3H3/b7-5+,9-6-. The average molecular weight is 126 g/mol. The second-order valence-corrected chi connectivity index (χ2v) is 1.84. The van der Waals surface area contributed by atoms with Gasteiger partial charge in [0, 0.05) is 13.3 Å². The molecule has 2 heteroatoms. The molecule has 2 nitrogen and oxygen atoms in total. The molecule has 52 valence electrons. The Kier molecular flexibility index (Phi) is 4.88. The van der Waals surface area contributed by atoms with E-state index in [4.69, 9.17) is 0 Å². The zero-order chi connectivity index (χ0) is 7.11. The molecule has 0 saturated heterocycles. The molecule has 0 saturated carbocycles. The summed E-state index contributed by atoms with van der Waals surface area (Å²) in [4.78, 5) is 0. The first-order chi connectivity index (χ1) is 4.31. The number of hydrogen-bond donors (Lipinski definition) is 1. The van der Waals surface area contributed by atoms with Gasteiger partial charge in [-0.3, -0.25) is 0 Å². The summed E-state index contributed by atoms with van der Waals surface area (Å²) >= 11 is 0. The van der Waals surface area contributed by atoms with E-state index in [-0.39, 0.29) is 0 Å². The molecule has 0 bridgehead atoms. The second-order valence-electron chi connectivity index (χ2n) is 1.84. The number of hydrazone groups is 1. The highest BCUT2D eigenvalue weighted by molar-refractivity contribution is 5.77. The summed E-state index contributed by atoms with van der Waals surface area (Å²) in [6.45, 7) is 4.14. The molecule has 0 radical (unpaired) electrons. The lowest BCUT2D eigenvalue weighted by atomic mass is 10.3. The molecule has 0 atom stereocenters. The highest BCUT2D eigenvalue weighted by atomic mass is 15.3. The second kappa shape index (κ2) is 5.35. The van der Waals surface area contributed by atoms with E-state index in [0.29, 0.717) is 0 Å². The fourth-order valence-corrected chi connectivity index (χ4v) is 0.541. The van der Waals surface area contributed by atoms with Crippen LogP contribution in [-0.4, -0.2) is 13.3 Å². The Hall–Kier alpha value is -0.790. The zero-order valence-electron chi connectivity index (χ0n) is 6.31. The molecule has 0 rings (SSSR count). The van der Waals surface area contributed by atoms with Crippen molar-refractivity contribution in [3.05, 3.63) is 11.6 Å². The minimum atomic E-state index is 1.07. The average Bonchev–Trinajstić information content (AvgIpc) is 1.85. The maximum absolute atomic E-state index is 3.85. The molecule has 0 amide bonds. The number of rotatable bonds is 3. The summed E-state index contributed by atoms with van der Waals surface area (Å²) in [6.07, 6.45) is 5.01. The topological polar surface area (TPSA) is 24.4 Å². The molecule has 0 aliphatic rings. The van der Waals surface area contributed by atoms with Gasteiger partial charge in [-0.15, -0.1) is 0 Å². The van der Waals surface area contributed by atoms with Crippen LogP contribution in [-0.2, 0) is 0 Å².